The molecule has 146 valence electrons. The van der Waals surface area contributed by atoms with E-state index in [-0.39, 0.29) is 22.9 Å². The summed E-state index contributed by atoms with van der Waals surface area (Å²) >= 11 is 0. The minimum absolute atomic E-state index is 0. The van der Waals surface area contributed by atoms with E-state index < -0.39 is 0 Å². The maximum Gasteiger partial charge on any atom is 2.00 e. The summed E-state index contributed by atoms with van der Waals surface area (Å²) in [4.78, 5) is 12.4. The maximum atomic E-state index is 12.4. The molecule has 0 aliphatic carbocycles. The third kappa shape index (κ3) is 7.42. The van der Waals surface area contributed by atoms with Crippen LogP contribution < -0.4 is 4.74 Å². The molecular weight excluding hydrogens is 400 g/mol. The quantitative estimate of drug-likeness (QED) is 0.158. The van der Waals surface area contributed by atoms with E-state index in [0.717, 1.165) is 11.1 Å². The van der Waals surface area contributed by atoms with Crippen molar-refractivity contribution >= 4 is 11.9 Å². The Labute approximate surface area is 182 Å². The Hall–Kier alpha value is -3.13. The van der Waals surface area contributed by atoms with E-state index in [4.69, 9.17) is 4.74 Å². The number of carbonyl (C=O) groups excluding carboxylic acids is 1. The van der Waals surface area contributed by atoms with Crippen molar-refractivity contribution in [1.29, 1.82) is 0 Å². The zero-order chi connectivity index (χ0) is 19.4. The van der Waals surface area contributed by atoms with Gasteiger partial charge in [0.25, 0.3) is 0 Å². The maximum absolute atomic E-state index is 12.4. The third-order valence-corrected chi connectivity index (χ3v) is 4.06. The van der Waals surface area contributed by atoms with Gasteiger partial charge in [0, 0.05) is 0 Å². The number of ketones is 1. The van der Waals surface area contributed by atoms with Crippen LogP contribution in [0.3, 0.4) is 0 Å². The number of para-hydroxylation sites is 1. The molecule has 0 aromatic heterocycles. The number of hydrogen-bond acceptors (Lipinski definition) is 2. The van der Waals surface area contributed by atoms with Crippen LogP contribution in [0.25, 0.3) is 6.08 Å². The molecular formula is C26H22FeO2. The molecule has 2 nitrogen and oxygen atoms in total. The minimum atomic E-state index is -0.0603. The normalized spacial score (nSPS) is 9.93. The smallest absolute Gasteiger partial charge is 0.488 e. The van der Waals surface area contributed by atoms with E-state index in [1.165, 1.54) is 0 Å². The summed E-state index contributed by atoms with van der Waals surface area (Å²) in [5.41, 5.74) is 2.66. The summed E-state index contributed by atoms with van der Waals surface area (Å²) in [5.74, 6) is 0.545. The van der Waals surface area contributed by atoms with Gasteiger partial charge in [0.05, 0.1) is 5.56 Å². The predicted octanol–water partition coefficient (Wildman–Crippen LogP) is 6.28. The fourth-order valence-corrected chi connectivity index (χ4v) is 2.61. The molecule has 0 atom stereocenters. The number of hydrogen-bond donors (Lipinski definition) is 0. The summed E-state index contributed by atoms with van der Waals surface area (Å²) in [7, 11) is 0. The molecule has 0 saturated carbocycles. The van der Waals surface area contributed by atoms with Crippen LogP contribution >= 0.6 is 0 Å². The standard InChI is InChI=1S/C21H17O2.C5H5.Fe/c22-20(15-14-17-8-4-5-9-17)19-12-6-7-13-21(19)23-16-18-10-2-1-3-11-18;1-2-4-5-3-1;/h1-15H,16H2;1-5H;/q2*-1;+2. The van der Waals surface area contributed by atoms with Gasteiger partial charge in [-0.3, -0.25) is 4.79 Å². The first-order valence-electron chi connectivity index (χ1n) is 9.19. The van der Waals surface area contributed by atoms with Crippen LogP contribution in [0.4, 0.5) is 0 Å². The molecule has 0 N–H and O–H groups in total. The number of allylic oxidation sites excluding steroid dienone is 1. The largest absolute Gasteiger partial charge is 2.00 e. The Morgan fingerprint density at radius 1 is 0.828 bits per heavy atom. The second kappa shape index (κ2) is 12.4. The fourth-order valence-electron chi connectivity index (χ4n) is 2.61. The van der Waals surface area contributed by atoms with E-state index >= 15 is 0 Å². The Bertz CT molecular complexity index is 952. The summed E-state index contributed by atoms with van der Waals surface area (Å²) in [6, 6.07) is 35.1. The van der Waals surface area contributed by atoms with Gasteiger partial charge in [-0.15, -0.1) is 12.1 Å². The van der Waals surface area contributed by atoms with Gasteiger partial charge in [0.15, 0.2) is 5.78 Å². The first-order valence-corrected chi connectivity index (χ1v) is 9.19. The van der Waals surface area contributed by atoms with Crippen molar-refractivity contribution in [3.63, 3.8) is 0 Å². The molecule has 29 heavy (non-hydrogen) atoms. The van der Waals surface area contributed by atoms with E-state index in [9.17, 15) is 4.79 Å². The minimum Gasteiger partial charge on any atom is -0.488 e. The second-order valence-corrected chi connectivity index (χ2v) is 6.15. The number of rotatable bonds is 6. The molecule has 0 amide bonds. The Morgan fingerprint density at radius 3 is 2.21 bits per heavy atom. The SMILES string of the molecule is O=C(C=Cc1ccc[cH-]1)c1ccccc1OCc1ccccc1.[Fe+2].c1cc[cH-]c1. The molecule has 0 bridgehead atoms. The molecule has 0 radical (unpaired) electrons. The van der Waals surface area contributed by atoms with Crippen LogP contribution in [0, 0.1) is 0 Å². The van der Waals surface area contributed by atoms with Gasteiger partial charge in [-0.05, 0) is 17.7 Å². The molecule has 4 rings (SSSR count). The van der Waals surface area contributed by atoms with Gasteiger partial charge in [-0.1, -0.05) is 48.5 Å². The van der Waals surface area contributed by atoms with Crippen LogP contribution in [-0.4, -0.2) is 5.78 Å². The molecule has 0 fully saturated rings. The van der Waals surface area contributed by atoms with Gasteiger partial charge in [0.2, 0.25) is 0 Å². The van der Waals surface area contributed by atoms with Crippen LogP contribution in [0.15, 0.2) is 115 Å². The fraction of sp³-hybridized carbons (Fsp3) is 0.0385. The van der Waals surface area contributed by atoms with E-state index in [1.807, 2.05) is 109 Å². The summed E-state index contributed by atoms with van der Waals surface area (Å²) in [6.07, 6.45) is 3.40. The molecule has 0 spiro atoms. The molecule has 0 heterocycles. The van der Waals surface area contributed by atoms with Crippen molar-refractivity contribution in [2.24, 2.45) is 0 Å². The molecule has 4 aromatic rings. The van der Waals surface area contributed by atoms with E-state index in [1.54, 1.807) is 12.1 Å². The molecule has 0 aliphatic heterocycles. The van der Waals surface area contributed by atoms with Gasteiger partial charge < -0.3 is 4.74 Å². The Morgan fingerprint density at radius 2 is 1.55 bits per heavy atom. The summed E-state index contributed by atoms with van der Waals surface area (Å²) in [5, 5.41) is 0. The van der Waals surface area contributed by atoms with Gasteiger partial charge in [-0.25, -0.2) is 12.1 Å². The van der Waals surface area contributed by atoms with Crippen molar-refractivity contribution in [1.82, 2.24) is 0 Å². The van der Waals surface area contributed by atoms with Crippen LogP contribution in [0.1, 0.15) is 21.5 Å². The Balaban J connectivity index is 0.000000437. The molecule has 4 aromatic carbocycles. The van der Waals surface area contributed by atoms with Crippen molar-refractivity contribution in [3.8, 4) is 5.75 Å². The second-order valence-electron chi connectivity index (χ2n) is 6.15. The first kappa shape index (κ1) is 22.2. The van der Waals surface area contributed by atoms with Crippen molar-refractivity contribution < 1.29 is 26.6 Å². The van der Waals surface area contributed by atoms with Crippen molar-refractivity contribution in [3.05, 3.63) is 132 Å². The topological polar surface area (TPSA) is 26.3 Å². The Kier molecular flexibility index (Phi) is 9.44. The van der Waals surface area contributed by atoms with Crippen LogP contribution in [-0.2, 0) is 23.7 Å². The predicted molar refractivity (Wildman–Crippen MR) is 115 cm³/mol. The molecule has 0 unspecified atom stereocenters. The summed E-state index contributed by atoms with van der Waals surface area (Å²) in [6.45, 7) is 0.442. The zero-order valence-corrected chi connectivity index (χ0v) is 17.0. The average molecular weight is 422 g/mol. The molecule has 3 heteroatoms. The van der Waals surface area contributed by atoms with Crippen molar-refractivity contribution in [2.75, 3.05) is 0 Å². The van der Waals surface area contributed by atoms with Gasteiger partial charge in [-0.2, -0.15) is 42.0 Å². The molecule has 0 aliphatic rings. The van der Waals surface area contributed by atoms with Gasteiger partial charge >= 0.3 is 17.1 Å². The monoisotopic (exact) mass is 422 g/mol. The van der Waals surface area contributed by atoms with Crippen LogP contribution in [0.2, 0.25) is 0 Å². The number of benzene rings is 2. The average Bonchev–Trinajstić information content (AvgIpc) is 3.48. The van der Waals surface area contributed by atoms with E-state index in [2.05, 4.69) is 0 Å². The molecule has 0 saturated heterocycles. The first-order chi connectivity index (χ1) is 13.8. The van der Waals surface area contributed by atoms with Gasteiger partial charge in [0.1, 0.15) is 12.4 Å². The van der Waals surface area contributed by atoms with Crippen molar-refractivity contribution in [2.45, 2.75) is 6.61 Å². The third-order valence-electron chi connectivity index (χ3n) is 4.06. The zero-order valence-electron chi connectivity index (χ0n) is 15.9. The number of ether oxygens (including phenoxy) is 1. The van der Waals surface area contributed by atoms with E-state index in [0.29, 0.717) is 17.9 Å². The summed E-state index contributed by atoms with van der Waals surface area (Å²) < 4.78 is 5.83. The number of carbonyl (C=O) groups is 1. The van der Waals surface area contributed by atoms with Crippen LogP contribution in [0.5, 0.6) is 5.75 Å².